The van der Waals surface area contributed by atoms with E-state index in [1.165, 1.54) is 11.1 Å². The molecule has 54 heavy (non-hydrogen) atoms. The van der Waals surface area contributed by atoms with Crippen LogP contribution in [0, 0.1) is 0 Å². The third-order valence-electron chi connectivity index (χ3n) is 9.74. The summed E-state index contributed by atoms with van der Waals surface area (Å²) in [4.78, 5) is 34.8. The van der Waals surface area contributed by atoms with Crippen LogP contribution >= 0.6 is 0 Å². The van der Waals surface area contributed by atoms with Gasteiger partial charge in [-0.05, 0) is 66.1 Å². The Kier molecular flexibility index (Phi) is 9.45. The van der Waals surface area contributed by atoms with Crippen molar-refractivity contribution >= 4 is 28.8 Å². The quantitative estimate of drug-likeness (QED) is 0.112. The zero-order valence-electron chi connectivity index (χ0n) is 29.1. The number of imidazole rings is 1. The lowest BCUT2D eigenvalue weighted by Gasteiger charge is -2.22. The number of aliphatic hydroxyl groups excluding tert-OH is 2. The van der Waals surface area contributed by atoms with Crippen molar-refractivity contribution in [3.63, 3.8) is 0 Å². The molecule has 5 atom stereocenters. The molecule has 2 aromatic carbocycles. The number of aryl methyl sites for hydroxylation is 1. The maximum absolute atomic E-state index is 12.9. The number of nitrogens with zero attached hydrogens (tertiary/aromatic N) is 10. The average molecular weight is 735 g/mol. The van der Waals surface area contributed by atoms with Crippen LogP contribution in [0.3, 0.4) is 0 Å². The Labute approximate surface area is 308 Å². The number of nitrogens with one attached hydrogen (secondary N) is 2. The highest BCUT2D eigenvalue weighted by molar-refractivity contribution is 5.94. The number of ether oxygens (including phenoxy) is 1. The van der Waals surface area contributed by atoms with Crippen molar-refractivity contribution in [2.24, 2.45) is 0 Å². The number of tetrazole rings is 1. The number of carbonyl (C=O) groups excluding carboxylic acids is 1. The van der Waals surface area contributed by atoms with Crippen LogP contribution in [0.25, 0.3) is 11.2 Å². The molecule has 6 aromatic rings. The molecule has 1 amide bonds. The van der Waals surface area contributed by atoms with Gasteiger partial charge in [-0.1, -0.05) is 24.3 Å². The predicted molar refractivity (Wildman–Crippen MR) is 193 cm³/mol. The number of aromatic hydroxyl groups is 2. The summed E-state index contributed by atoms with van der Waals surface area (Å²) in [6, 6.07) is 17.0. The van der Waals surface area contributed by atoms with Crippen molar-refractivity contribution in [1.82, 2.24) is 50.0 Å². The molecule has 18 heteroatoms. The van der Waals surface area contributed by atoms with E-state index in [4.69, 9.17) is 14.7 Å². The molecule has 0 radical (unpaired) electrons. The van der Waals surface area contributed by atoms with Crippen LogP contribution < -0.4 is 15.5 Å². The van der Waals surface area contributed by atoms with Crippen LogP contribution in [-0.4, -0.2) is 109 Å². The Morgan fingerprint density at radius 2 is 1.67 bits per heavy atom. The fraction of sp³-hybridized carbons (Fsp3) is 0.333. The van der Waals surface area contributed by atoms with Gasteiger partial charge < -0.3 is 40.7 Å². The highest BCUT2D eigenvalue weighted by Gasteiger charge is 2.47. The molecule has 0 spiro atoms. The fourth-order valence-corrected chi connectivity index (χ4v) is 6.83. The van der Waals surface area contributed by atoms with E-state index in [9.17, 15) is 25.2 Å². The Hall–Kier alpha value is -6.24. The summed E-state index contributed by atoms with van der Waals surface area (Å²) in [6.45, 7) is 3.63. The molecule has 4 aromatic heterocycles. The molecular weight excluding hydrogens is 696 g/mol. The molecule has 0 unspecified atom stereocenters. The van der Waals surface area contributed by atoms with Crippen LogP contribution in [0.1, 0.15) is 58.9 Å². The van der Waals surface area contributed by atoms with Gasteiger partial charge in [-0.3, -0.25) is 14.3 Å². The highest BCUT2D eigenvalue weighted by Crippen LogP contribution is 2.39. The van der Waals surface area contributed by atoms with E-state index in [0.29, 0.717) is 61.1 Å². The molecule has 18 nitrogen and oxygen atoms in total. The molecule has 2 aliphatic rings. The summed E-state index contributed by atoms with van der Waals surface area (Å²) in [7, 11) is 0. The van der Waals surface area contributed by atoms with Gasteiger partial charge in [0.1, 0.15) is 23.7 Å². The smallest absolute Gasteiger partial charge is 0.251 e. The zero-order valence-corrected chi connectivity index (χ0v) is 29.1. The molecule has 8 rings (SSSR count). The lowest BCUT2D eigenvalue weighted by Crippen LogP contribution is -2.37. The van der Waals surface area contributed by atoms with Crippen molar-refractivity contribution in [1.29, 1.82) is 0 Å². The van der Waals surface area contributed by atoms with Gasteiger partial charge in [-0.2, -0.15) is 14.8 Å². The second-order valence-corrected chi connectivity index (χ2v) is 13.2. The number of hydrogen-bond acceptors (Lipinski definition) is 15. The van der Waals surface area contributed by atoms with Gasteiger partial charge in [0, 0.05) is 49.6 Å². The van der Waals surface area contributed by atoms with Crippen LogP contribution in [0.4, 0.5) is 11.8 Å². The SMILES string of the molecule is CCn1nnc([C@H]2O[C@@H](n3cnc4c(NCC(c5ccc(O)cc5)c5ccc(O)cc5)nc(N5CC[C@@H](NC(=O)c6ccncc6)C5)nc43)[C@H](O)[C@@H]2O)n1. The van der Waals surface area contributed by atoms with E-state index in [1.807, 2.05) is 36.1 Å². The highest BCUT2D eigenvalue weighted by atomic mass is 16.6. The first kappa shape index (κ1) is 34.8. The van der Waals surface area contributed by atoms with E-state index >= 15 is 0 Å². The molecule has 2 fully saturated rings. The van der Waals surface area contributed by atoms with E-state index < -0.39 is 24.5 Å². The maximum Gasteiger partial charge on any atom is 0.251 e. The number of aromatic nitrogens is 9. The molecule has 0 saturated carbocycles. The van der Waals surface area contributed by atoms with Gasteiger partial charge in [0.2, 0.25) is 11.8 Å². The Bertz CT molecular complexity index is 2190. The normalized spacial score (nSPS) is 21.3. The minimum atomic E-state index is -1.39. The van der Waals surface area contributed by atoms with Gasteiger partial charge in [0.05, 0.1) is 12.9 Å². The molecule has 0 bridgehead atoms. The maximum atomic E-state index is 12.9. The van der Waals surface area contributed by atoms with Crippen LogP contribution in [0.5, 0.6) is 11.5 Å². The van der Waals surface area contributed by atoms with E-state index in [1.54, 1.807) is 53.4 Å². The van der Waals surface area contributed by atoms with Crippen molar-refractivity contribution in [3.05, 3.63) is 102 Å². The monoisotopic (exact) mass is 734 g/mol. The van der Waals surface area contributed by atoms with Crippen LogP contribution in [0.15, 0.2) is 79.4 Å². The number of carbonyl (C=O) groups is 1. The minimum absolute atomic E-state index is 0.138. The number of hydrogen-bond donors (Lipinski definition) is 6. The standard InChI is InChI=1S/C36H38N12O6/c1-2-48-44-32(43-45-48)30-28(51)29(52)35(54-30)47-19-39-27-31(38-17-26(20-3-7-24(49)8-4-20)21-5-9-25(50)10-6-21)41-36(42-33(27)47)46-16-13-23(18-46)40-34(53)22-11-14-37-15-12-22/h3-12,14-15,19,23,26,28-30,35,49-52H,2,13,16-18H2,1H3,(H,40,53)(H,38,41,42)/t23-,28+,29-,30+,35-/m1/s1. The Morgan fingerprint density at radius 3 is 2.33 bits per heavy atom. The van der Waals surface area contributed by atoms with Crippen LogP contribution in [-0.2, 0) is 11.3 Å². The van der Waals surface area contributed by atoms with Gasteiger partial charge >= 0.3 is 0 Å². The second-order valence-electron chi connectivity index (χ2n) is 13.2. The van der Waals surface area contributed by atoms with E-state index in [-0.39, 0.29) is 35.2 Å². The zero-order chi connectivity index (χ0) is 37.3. The Balaban J connectivity index is 1.13. The van der Waals surface area contributed by atoms with Gasteiger partial charge in [-0.15, -0.1) is 10.2 Å². The molecule has 2 aliphatic heterocycles. The molecule has 0 aliphatic carbocycles. The number of phenols is 2. The molecule has 6 heterocycles. The third kappa shape index (κ3) is 6.84. The molecule has 278 valence electrons. The topological polar surface area (TPSA) is 235 Å². The second kappa shape index (κ2) is 14.6. The first-order valence-corrected chi connectivity index (χ1v) is 17.6. The number of fused-ring (bicyclic) bond motifs is 1. The third-order valence-corrected chi connectivity index (χ3v) is 9.74. The lowest BCUT2D eigenvalue weighted by atomic mass is 9.91. The number of benzene rings is 2. The molecule has 6 N–H and O–H groups in total. The number of pyridine rings is 1. The van der Waals surface area contributed by atoms with Gasteiger partial charge in [-0.25, -0.2) is 4.98 Å². The number of phenolic OH excluding ortho intramolecular Hbond substituents is 2. The number of anilines is 2. The molecular formula is C36H38N12O6. The number of rotatable bonds is 11. The van der Waals surface area contributed by atoms with Crippen molar-refractivity contribution in [3.8, 4) is 11.5 Å². The summed E-state index contributed by atoms with van der Waals surface area (Å²) in [6.07, 6.45) is 0.363. The van der Waals surface area contributed by atoms with Crippen molar-refractivity contribution in [2.45, 2.75) is 56.4 Å². The van der Waals surface area contributed by atoms with Crippen LogP contribution in [0.2, 0.25) is 0 Å². The largest absolute Gasteiger partial charge is 0.508 e. The first-order chi connectivity index (χ1) is 26.2. The Morgan fingerprint density at radius 1 is 0.963 bits per heavy atom. The number of aliphatic hydroxyl groups is 2. The van der Waals surface area contributed by atoms with Gasteiger partial charge in [0.15, 0.2) is 29.3 Å². The summed E-state index contributed by atoms with van der Waals surface area (Å²) < 4.78 is 7.74. The van der Waals surface area contributed by atoms with Gasteiger partial charge in [0.25, 0.3) is 5.91 Å². The molecule has 2 saturated heterocycles. The summed E-state index contributed by atoms with van der Waals surface area (Å²) >= 11 is 0. The lowest BCUT2D eigenvalue weighted by molar-refractivity contribution is -0.0384. The van der Waals surface area contributed by atoms with Crippen molar-refractivity contribution in [2.75, 3.05) is 29.9 Å². The summed E-state index contributed by atoms with van der Waals surface area (Å²) in [5.41, 5.74) is 3.05. The first-order valence-electron chi connectivity index (χ1n) is 17.6. The number of amides is 1. The summed E-state index contributed by atoms with van der Waals surface area (Å²) in [5.74, 6) is 0.733. The summed E-state index contributed by atoms with van der Waals surface area (Å²) in [5, 5.41) is 61.1. The van der Waals surface area contributed by atoms with E-state index in [0.717, 1.165) is 11.1 Å². The minimum Gasteiger partial charge on any atom is -0.508 e. The fourth-order valence-electron chi connectivity index (χ4n) is 6.83. The van der Waals surface area contributed by atoms with E-state index in [2.05, 4.69) is 36.0 Å². The predicted octanol–water partition coefficient (Wildman–Crippen LogP) is 1.88. The van der Waals surface area contributed by atoms with Crippen molar-refractivity contribution < 1.29 is 30.0 Å². The average Bonchev–Trinajstić information content (AvgIpc) is 4.01.